The molecule has 5 heteroatoms. The van der Waals surface area contributed by atoms with Crippen LogP contribution in [0, 0.1) is 11.3 Å². The molecule has 0 aliphatic carbocycles. The number of hydrogen-bond donors (Lipinski definition) is 1. The second-order valence-corrected chi connectivity index (χ2v) is 6.72. The van der Waals surface area contributed by atoms with Crippen LogP contribution in [0.15, 0.2) is 11.6 Å². The average Bonchev–Trinajstić information content (AvgIpc) is 2.37. The Bertz CT molecular complexity index is 422. The summed E-state index contributed by atoms with van der Waals surface area (Å²) in [6, 6.07) is -0.0423. The van der Waals surface area contributed by atoms with Crippen LogP contribution in [0.3, 0.4) is 0 Å². The van der Waals surface area contributed by atoms with E-state index in [0.717, 1.165) is 18.4 Å². The molecule has 1 amide bonds. The fourth-order valence-corrected chi connectivity index (χ4v) is 2.92. The highest BCUT2D eigenvalue weighted by molar-refractivity contribution is 5.82. The van der Waals surface area contributed by atoms with Crippen LogP contribution in [0.4, 0.5) is 4.79 Å². The fourth-order valence-electron chi connectivity index (χ4n) is 2.92. The van der Waals surface area contributed by atoms with Crippen LogP contribution in [-0.4, -0.2) is 41.3 Å². The molecule has 120 valence electrons. The number of allylic oxidation sites excluding steroid dienone is 1. The first-order chi connectivity index (χ1) is 9.66. The Morgan fingerprint density at radius 2 is 2.00 bits per heavy atom. The van der Waals surface area contributed by atoms with Crippen molar-refractivity contribution in [3.05, 3.63) is 11.6 Å². The van der Waals surface area contributed by atoms with E-state index in [1.54, 1.807) is 13.0 Å². The Hall–Kier alpha value is -1.52. The number of piperidine rings is 1. The number of carbonyl (C=O) groups is 2. The Kier molecular flexibility index (Phi) is 5.81. The standard InChI is InChI=1S/C16H27NO4/c1-6-21-14(18)9-11(2)12-7-8-17(15(19)20)13(10-12)16(3,4)5/h9,12-13H,6-8,10H2,1-5H3,(H,19,20)/b11-9+. The van der Waals surface area contributed by atoms with Crippen LogP contribution in [0.5, 0.6) is 0 Å². The normalized spacial score (nSPS) is 23.9. The summed E-state index contributed by atoms with van der Waals surface area (Å²) < 4.78 is 4.94. The summed E-state index contributed by atoms with van der Waals surface area (Å²) in [5.74, 6) is -0.0859. The number of nitrogens with zero attached hydrogens (tertiary/aromatic N) is 1. The van der Waals surface area contributed by atoms with Gasteiger partial charge in [-0.15, -0.1) is 0 Å². The zero-order chi connectivity index (χ0) is 16.2. The van der Waals surface area contributed by atoms with Gasteiger partial charge in [0.2, 0.25) is 0 Å². The van der Waals surface area contributed by atoms with Gasteiger partial charge in [0.05, 0.1) is 6.61 Å². The fraction of sp³-hybridized carbons (Fsp3) is 0.750. The van der Waals surface area contributed by atoms with Crippen molar-refractivity contribution in [2.45, 2.75) is 53.5 Å². The lowest BCUT2D eigenvalue weighted by Crippen LogP contribution is -2.51. The van der Waals surface area contributed by atoms with Crippen molar-refractivity contribution in [2.24, 2.45) is 11.3 Å². The van der Waals surface area contributed by atoms with Crippen molar-refractivity contribution in [1.82, 2.24) is 4.90 Å². The number of carbonyl (C=O) groups excluding carboxylic acids is 1. The molecule has 0 radical (unpaired) electrons. The predicted molar refractivity (Wildman–Crippen MR) is 81.1 cm³/mol. The lowest BCUT2D eigenvalue weighted by molar-refractivity contribution is -0.137. The second kappa shape index (κ2) is 6.96. The monoisotopic (exact) mass is 297 g/mol. The van der Waals surface area contributed by atoms with Gasteiger partial charge in [-0.25, -0.2) is 9.59 Å². The Balaban J connectivity index is 2.85. The zero-order valence-electron chi connectivity index (χ0n) is 13.7. The van der Waals surface area contributed by atoms with Crippen LogP contribution in [0.1, 0.15) is 47.5 Å². The summed E-state index contributed by atoms with van der Waals surface area (Å²) in [5, 5.41) is 9.35. The van der Waals surface area contributed by atoms with Gasteiger partial charge in [-0.1, -0.05) is 26.3 Å². The molecule has 0 saturated carbocycles. The zero-order valence-corrected chi connectivity index (χ0v) is 13.7. The minimum absolute atomic E-state index is 0.0423. The molecule has 0 bridgehead atoms. The first-order valence-corrected chi connectivity index (χ1v) is 7.51. The van der Waals surface area contributed by atoms with E-state index in [9.17, 15) is 14.7 Å². The SMILES string of the molecule is CCOC(=O)/C=C(\C)C1CCN(C(=O)O)C(C(C)(C)C)C1. The van der Waals surface area contributed by atoms with E-state index in [2.05, 4.69) is 20.8 Å². The van der Waals surface area contributed by atoms with Crippen LogP contribution in [-0.2, 0) is 9.53 Å². The summed E-state index contributed by atoms with van der Waals surface area (Å²) >= 11 is 0. The molecule has 0 aromatic rings. The summed E-state index contributed by atoms with van der Waals surface area (Å²) in [6.07, 6.45) is 2.18. The van der Waals surface area contributed by atoms with Crippen LogP contribution in [0.2, 0.25) is 0 Å². The van der Waals surface area contributed by atoms with Crippen LogP contribution >= 0.6 is 0 Å². The van der Waals surface area contributed by atoms with Gasteiger partial charge < -0.3 is 14.7 Å². The lowest BCUT2D eigenvalue weighted by Gasteiger charge is -2.44. The molecule has 1 aliphatic heterocycles. The van der Waals surface area contributed by atoms with E-state index in [-0.39, 0.29) is 23.3 Å². The molecule has 1 fully saturated rings. The molecule has 2 unspecified atom stereocenters. The minimum Gasteiger partial charge on any atom is -0.465 e. The number of likely N-dealkylation sites (tertiary alicyclic amines) is 1. The van der Waals surface area contributed by atoms with E-state index in [0.29, 0.717) is 13.2 Å². The van der Waals surface area contributed by atoms with Crippen molar-refractivity contribution in [1.29, 1.82) is 0 Å². The van der Waals surface area contributed by atoms with E-state index >= 15 is 0 Å². The Labute approximate surface area is 127 Å². The minimum atomic E-state index is -0.861. The number of amides is 1. The predicted octanol–water partition coefficient (Wildman–Crippen LogP) is 3.30. The molecule has 21 heavy (non-hydrogen) atoms. The molecule has 1 aliphatic rings. The maximum absolute atomic E-state index is 11.5. The molecule has 1 saturated heterocycles. The van der Waals surface area contributed by atoms with Crippen molar-refractivity contribution >= 4 is 12.1 Å². The van der Waals surface area contributed by atoms with Gasteiger partial charge in [0.25, 0.3) is 0 Å². The highest BCUT2D eigenvalue weighted by Crippen LogP contribution is 2.37. The van der Waals surface area contributed by atoms with E-state index < -0.39 is 6.09 Å². The molecular weight excluding hydrogens is 270 g/mol. The van der Waals surface area contributed by atoms with Crippen molar-refractivity contribution < 1.29 is 19.4 Å². The number of esters is 1. The van der Waals surface area contributed by atoms with Gasteiger partial charge in [0, 0.05) is 18.7 Å². The third-order valence-corrected chi connectivity index (χ3v) is 4.12. The van der Waals surface area contributed by atoms with Gasteiger partial charge >= 0.3 is 12.1 Å². The smallest absolute Gasteiger partial charge is 0.407 e. The largest absolute Gasteiger partial charge is 0.465 e. The average molecular weight is 297 g/mol. The van der Waals surface area contributed by atoms with E-state index in [1.807, 2.05) is 6.92 Å². The third-order valence-electron chi connectivity index (χ3n) is 4.12. The Morgan fingerprint density at radius 3 is 2.48 bits per heavy atom. The van der Waals surface area contributed by atoms with Crippen LogP contribution < -0.4 is 0 Å². The maximum Gasteiger partial charge on any atom is 0.407 e. The molecule has 0 aromatic carbocycles. The number of rotatable bonds is 3. The first-order valence-electron chi connectivity index (χ1n) is 7.51. The van der Waals surface area contributed by atoms with E-state index in [4.69, 9.17) is 4.74 Å². The van der Waals surface area contributed by atoms with E-state index in [1.165, 1.54) is 4.90 Å². The number of hydrogen-bond acceptors (Lipinski definition) is 3. The highest BCUT2D eigenvalue weighted by Gasteiger charge is 2.39. The molecule has 1 heterocycles. The van der Waals surface area contributed by atoms with Gasteiger partial charge in [0.1, 0.15) is 0 Å². The summed E-state index contributed by atoms with van der Waals surface area (Å²) in [6.45, 7) is 10.8. The van der Waals surface area contributed by atoms with Crippen LogP contribution in [0.25, 0.3) is 0 Å². The van der Waals surface area contributed by atoms with Crippen molar-refractivity contribution in [3.63, 3.8) is 0 Å². The quantitative estimate of drug-likeness (QED) is 0.641. The molecule has 5 nitrogen and oxygen atoms in total. The Morgan fingerprint density at radius 1 is 1.38 bits per heavy atom. The molecule has 1 N–H and O–H groups in total. The summed E-state index contributed by atoms with van der Waals surface area (Å²) in [4.78, 5) is 24.5. The second-order valence-electron chi connectivity index (χ2n) is 6.72. The molecule has 2 atom stereocenters. The number of ether oxygens (including phenoxy) is 1. The highest BCUT2D eigenvalue weighted by atomic mass is 16.5. The molecule has 0 aromatic heterocycles. The van der Waals surface area contributed by atoms with Gasteiger partial charge in [-0.05, 0) is 38.0 Å². The molecule has 0 spiro atoms. The molecule has 1 rings (SSSR count). The van der Waals surface area contributed by atoms with Gasteiger partial charge in [-0.2, -0.15) is 0 Å². The van der Waals surface area contributed by atoms with Crippen molar-refractivity contribution in [3.8, 4) is 0 Å². The summed E-state index contributed by atoms with van der Waals surface area (Å²) in [5.41, 5.74) is 0.856. The number of carboxylic acid groups (broad SMARTS) is 1. The van der Waals surface area contributed by atoms with Crippen molar-refractivity contribution in [2.75, 3.05) is 13.2 Å². The topological polar surface area (TPSA) is 66.8 Å². The van der Waals surface area contributed by atoms with Gasteiger partial charge in [0.15, 0.2) is 0 Å². The third kappa shape index (κ3) is 4.76. The summed E-state index contributed by atoms with van der Waals surface area (Å²) in [7, 11) is 0. The van der Waals surface area contributed by atoms with Gasteiger partial charge in [-0.3, -0.25) is 0 Å². The maximum atomic E-state index is 11.5. The lowest BCUT2D eigenvalue weighted by atomic mass is 9.75. The first kappa shape index (κ1) is 17.5. The molecular formula is C16H27NO4.